The SMILES string of the molecule is Cc1cc(C)n(C[C@@H](C)CNC(=O)Nc2nccs2)n1. The summed E-state index contributed by atoms with van der Waals surface area (Å²) in [7, 11) is 0. The van der Waals surface area contributed by atoms with Crippen LogP contribution in [0.15, 0.2) is 17.6 Å². The summed E-state index contributed by atoms with van der Waals surface area (Å²) in [6, 6.07) is 1.83. The fourth-order valence-electron chi connectivity index (χ4n) is 1.91. The molecule has 1 atom stereocenters. The van der Waals surface area contributed by atoms with Crippen LogP contribution >= 0.6 is 11.3 Å². The maximum atomic E-state index is 11.7. The third-order valence-electron chi connectivity index (χ3n) is 2.85. The Morgan fingerprint density at radius 1 is 1.50 bits per heavy atom. The third-order valence-corrected chi connectivity index (χ3v) is 3.54. The second-order valence-electron chi connectivity index (χ2n) is 4.89. The highest BCUT2D eigenvalue weighted by Gasteiger charge is 2.09. The second kappa shape index (κ2) is 6.51. The zero-order chi connectivity index (χ0) is 14.5. The van der Waals surface area contributed by atoms with Crippen molar-refractivity contribution in [2.45, 2.75) is 27.3 Å². The minimum Gasteiger partial charge on any atom is -0.337 e. The molecule has 0 aliphatic carbocycles. The molecule has 108 valence electrons. The number of hydrogen-bond donors (Lipinski definition) is 2. The van der Waals surface area contributed by atoms with Gasteiger partial charge in [-0.25, -0.2) is 9.78 Å². The molecule has 20 heavy (non-hydrogen) atoms. The number of amides is 2. The molecule has 0 aromatic carbocycles. The Labute approximate surface area is 122 Å². The topological polar surface area (TPSA) is 71.8 Å². The first-order chi connectivity index (χ1) is 9.54. The van der Waals surface area contributed by atoms with Gasteiger partial charge >= 0.3 is 6.03 Å². The lowest BCUT2D eigenvalue weighted by atomic mass is 10.2. The molecule has 0 radical (unpaired) electrons. The van der Waals surface area contributed by atoms with E-state index in [1.165, 1.54) is 11.3 Å². The van der Waals surface area contributed by atoms with Crippen molar-refractivity contribution in [3.05, 3.63) is 29.0 Å². The minimum absolute atomic E-state index is 0.222. The molecular formula is C13H19N5OS. The highest BCUT2D eigenvalue weighted by Crippen LogP contribution is 2.10. The van der Waals surface area contributed by atoms with Gasteiger partial charge in [0.05, 0.1) is 5.69 Å². The molecular weight excluding hydrogens is 274 g/mol. The van der Waals surface area contributed by atoms with Crippen molar-refractivity contribution in [3.63, 3.8) is 0 Å². The lowest BCUT2D eigenvalue weighted by Gasteiger charge is -2.14. The predicted octanol–water partition coefficient (Wildman–Crippen LogP) is 2.41. The zero-order valence-corrected chi connectivity index (χ0v) is 12.7. The summed E-state index contributed by atoms with van der Waals surface area (Å²) in [5.41, 5.74) is 2.16. The first kappa shape index (κ1) is 14.5. The number of hydrogen-bond acceptors (Lipinski definition) is 4. The van der Waals surface area contributed by atoms with Gasteiger partial charge in [-0.3, -0.25) is 10.00 Å². The number of carbonyl (C=O) groups excluding carboxylic acids is 1. The van der Waals surface area contributed by atoms with Crippen molar-refractivity contribution in [1.29, 1.82) is 0 Å². The van der Waals surface area contributed by atoms with Crippen molar-refractivity contribution in [3.8, 4) is 0 Å². The molecule has 0 unspecified atom stereocenters. The van der Waals surface area contributed by atoms with Gasteiger partial charge in [0.2, 0.25) is 0 Å². The summed E-state index contributed by atoms with van der Waals surface area (Å²) in [6.45, 7) is 7.48. The Balaban J connectivity index is 1.76. The van der Waals surface area contributed by atoms with Crippen molar-refractivity contribution >= 4 is 22.5 Å². The van der Waals surface area contributed by atoms with E-state index in [9.17, 15) is 4.79 Å². The number of carbonyl (C=O) groups is 1. The van der Waals surface area contributed by atoms with Gasteiger partial charge in [0, 0.05) is 30.4 Å². The number of aromatic nitrogens is 3. The van der Waals surface area contributed by atoms with Crippen molar-refractivity contribution < 1.29 is 4.79 Å². The summed E-state index contributed by atoms with van der Waals surface area (Å²) in [4.78, 5) is 15.7. The minimum atomic E-state index is -0.222. The van der Waals surface area contributed by atoms with Crippen LogP contribution in [0.4, 0.5) is 9.93 Å². The molecule has 0 spiro atoms. The van der Waals surface area contributed by atoms with Crippen molar-refractivity contribution in [2.75, 3.05) is 11.9 Å². The first-order valence-electron chi connectivity index (χ1n) is 6.50. The number of anilines is 1. The smallest absolute Gasteiger partial charge is 0.321 e. The van der Waals surface area contributed by atoms with Crippen LogP contribution in [-0.2, 0) is 6.54 Å². The average molecular weight is 293 g/mol. The van der Waals surface area contributed by atoms with Gasteiger partial charge in [0.1, 0.15) is 0 Å². The fourth-order valence-corrected chi connectivity index (χ4v) is 2.44. The maximum absolute atomic E-state index is 11.7. The number of nitrogens with one attached hydrogen (secondary N) is 2. The van der Waals surface area contributed by atoms with E-state index < -0.39 is 0 Å². The largest absolute Gasteiger partial charge is 0.337 e. The van der Waals surface area contributed by atoms with E-state index in [1.54, 1.807) is 6.20 Å². The number of urea groups is 1. The Kier molecular flexibility index (Phi) is 4.73. The Hall–Kier alpha value is -1.89. The van der Waals surface area contributed by atoms with Gasteiger partial charge in [-0.05, 0) is 25.8 Å². The highest BCUT2D eigenvalue weighted by atomic mass is 32.1. The molecule has 0 saturated heterocycles. The van der Waals surface area contributed by atoms with Gasteiger partial charge in [0.25, 0.3) is 0 Å². The van der Waals surface area contributed by atoms with E-state index in [2.05, 4.69) is 33.7 Å². The molecule has 0 aliphatic rings. The standard InChI is InChI=1S/C13H19N5OS/c1-9(8-18-11(3)6-10(2)17-18)7-15-12(19)16-13-14-4-5-20-13/h4-6,9H,7-8H2,1-3H3,(H2,14,15,16,19)/t9-/m0/s1. The lowest BCUT2D eigenvalue weighted by molar-refractivity contribution is 0.249. The first-order valence-corrected chi connectivity index (χ1v) is 7.38. The number of thiazole rings is 1. The summed E-state index contributed by atoms with van der Waals surface area (Å²) in [6.07, 6.45) is 1.66. The highest BCUT2D eigenvalue weighted by molar-refractivity contribution is 7.13. The van der Waals surface area contributed by atoms with Crippen molar-refractivity contribution in [2.24, 2.45) is 5.92 Å². The number of aryl methyl sites for hydroxylation is 2. The molecule has 6 nitrogen and oxygen atoms in total. The monoisotopic (exact) mass is 293 g/mol. The molecule has 0 aliphatic heterocycles. The summed E-state index contributed by atoms with van der Waals surface area (Å²) in [5, 5.41) is 12.4. The van der Waals surface area contributed by atoms with Gasteiger partial charge in [-0.15, -0.1) is 11.3 Å². The van der Waals surface area contributed by atoms with Gasteiger partial charge in [0.15, 0.2) is 5.13 Å². The number of rotatable bonds is 5. The zero-order valence-electron chi connectivity index (χ0n) is 11.9. The van der Waals surface area contributed by atoms with Crippen LogP contribution in [0.5, 0.6) is 0 Å². The van der Waals surface area contributed by atoms with Gasteiger partial charge in [-0.1, -0.05) is 6.92 Å². The molecule has 0 fully saturated rings. The molecule has 2 rings (SSSR count). The molecule has 0 bridgehead atoms. The van der Waals surface area contributed by atoms with Crippen LogP contribution in [0.2, 0.25) is 0 Å². The van der Waals surface area contributed by atoms with E-state index in [0.29, 0.717) is 17.6 Å². The van der Waals surface area contributed by atoms with E-state index in [-0.39, 0.29) is 6.03 Å². The second-order valence-corrected chi connectivity index (χ2v) is 5.78. The molecule has 2 heterocycles. The van der Waals surface area contributed by atoms with E-state index >= 15 is 0 Å². The van der Waals surface area contributed by atoms with Crippen LogP contribution in [-0.4, -0.2) is 27.3 Å². The summed E-state index contributed by atoms with van der Waals surface area (Å²) < 4.78 is 1.97. The quantitative estimate of drug-likeness (QED) is 0.889. The van der Waals surface area contributed by atoms with E-state index in [0.717, 1.165) is 17.9 Å². The average Bonchev–Trinajstić information content (AvgIpc) is 2.98. The van der Waals surface area contributed by atoms with Crippen LogP contribution in [0, 0.1) is 19.8 Å². The number of nitrogens with zero attached hydrogens (tertiary/aromatic N) is 3. The Morgan fingerprint density at radius 3 is 2.90 bits per heavy atom. The lowest BCUT2D eigenvalue weighted by Crippen LogP contribution is -2.33. The molecule has 2 N–H and O–H groups in total. The van der Waals surface area contributed by atoms with Crippen LogP contribution in [0.3, 0.4) is 0 Å². The molecule has 2 amide bonds. The molecule has 2 aromatic heterocycles. The maximum Gasteiger partial charge on any atom is 0.321 e. The molecule has 7 heteroatoms. The normalized spacial score (nSPS) is 12.2. The van der Waals surface area contributed by atoms with Gasteiger partial charge in [-0.2, -0.15) is 5.10 Å². The summed E-state index contributed by atoms with van der Waals surface area (Å²) in [5.74, 6) is 0.301. The van der Waals surface area contributed by atoms with Crippen LogP contribution < -0.4 is 10.6 Å². The van der Waals surface area contributed by atoms with Crippen LogP contribution in [0.1, 0.15) is 18.3 Å². The van der Waals surface area contributed by atoms with Gasteiger partial charge < -0.3 is 5.32 Å². The van der Waals surface area contributed by atoms with E-state index in [1.807, 2.05) is 23.9 Å². The molecule has 0 saturated carbocycles. The Bertz CT molecular complexity index is 563. The summed E-state index contributed by atoms with van der Waals surface area (Å²) >= 11 is 1.40. The third kappa shape index (κ3) is 4.06. The molecule has 2 aromatic rings. The van der Waals surface area contributed by atoms with E-state index in [4.69, 9.17) is 0 Å². The van der Waals surface area contributed by atoms with Crippen LogP contribution in [0.25, 0.3) is 0 Å². The van der Waals surface area contributed by atoms with Crippen molar-refractivity contribution in [1.82, 2.24) is 20.1 Å². The fraction of sp³-hybridized carbons (Fsp3) is 0.462. The predicted molar refractivity (Wildman–Crippen MR) is 80.0 cm³/mol. The Morgan fingerprint density at radius 2 is 2.30 bits per heavy atom.